The number of nitrogens with one attached hydrogen (secondary N) is 1. The van der Waals surface area contributed by atoms with Crippen molar-refractivity contribution in [1.82, 2.24) is 9.55 Å². The van der Waals surface area contributed by atoms with Crippen LogP contribution in [0.15, 0.2) is 32.3 Å². The van der Waals surface area contributed by atoms with E-state index < -0.39 is 11.2 Å². The second-order valence-electron chi connectivity index (χ2n) is 3.83. The fourth-order valence-corrected chi connectivity index (χ4v) is 2.19. The Kier molecular flexibility index (Phi) is 3.82. The lowest BCUT2D eigenvalue weighted by atomic mass is 10.3. The molecule has 19 heavy (non-hydrogen) atoms. The minimum absolute atomic E-state index is 0.0465. The van der Waals surface area contributed by atoms with Crippen LogP contribution in [0, 0.1) is 6.92 Å². The zero-order valence-corrected chi connectivity index (χ0v) is 12.5. The highest BCUT2D eigenvalue weighted by Gasteiger charge is 2.13. The molecule has 0 amide bonds. The Morgan fingerprint density at radius 3 is 2.68 bits per heavy atom. The molecule has 0 bridgehead atoms. The van der Waals surface area contributed by atoms with Gasteiger partial charge in [0.05, 0.1) is 18.4 Å². The quantitative estimate of drug-likeness (QED) is 0.849. The molecule has 0 fully saturated rings. The van der Waals surface area contributed by atoms with Crippen molar-refractivity contribution < 1.29 is 4.74 Å². The number of methoxy groups -OCH3 is 1. The lowest BCUT2D eigenvalue weighted by molar-refractivity contribution is 0.414. The summed E-state index contributed by atoms with van der Waals surface area (Å²) >= 11 is 9.08. The monoisotopic (exact) mass is 344 g/mol. The fraction of sp³-hybridized carbons (Fsp3) is 0.167. The fourth-order valence-electron chi connectivity index (χ4n) is 1.61. The van der Waals surface area contributed by atoms with E-state index >= 15 is 0 Å². The normalized spacial score (nSPS) is 10.5. The molecule has 1 aromatic heterocycles. The van der Waals surface area contributed by atoms with E-state index in [0.717, 1.165) is 4.57 Å². The van der Waals surface area contributed by atoms with Crippen LogP contribution in [0.5, 0.6) is 5.75 Å². The smallest absolute Gasteiger partial charge is 0.334 e. The van der Waals surface area contributed by atoms with E-state index in [0.29, 0.717) is 15.9 Å². The van der Waals surface area contributed by atoms with Gasteiger partial charge in [0, 0.05) is 10.5 Å². The van der Waals surface area contributed by atoms with E-state index in [1.165, 1.54) is 7.11 Å². The molecule has 5 nitrogen and oxygen atoms in total. The van der Waals surface area contributed by atoms with Gasteiger partial charge in [0.25, 0.3) is 5.56 Å². The van der Waals surface area contributed by atoms with Gasteiger partial charge in [-0.2, -0.15) is 0 Å². The maximum Gasteiger partial charge on any atom is 0.334 e. The molecule has 1 N–H and O–H groups in total. The summed E-state index contributed by atoms with van der Waals surface area (Å²) < 4.78 is 6.70. The van der Waals surface area contributed by atoms with Crippen molar-refractivity contribution in [2.75, 3.05) is 7.11 Å². The van der Waals surface area contributed by atoms with Gasteiger partial charge in [0.15, 0.2) is 0 Å². The van der Waals surface area contributed by atoms with Crippen LogP contribution < -0.4 is 16.0 Å². The summed E-state index contributed by atoms with van der Waals surface area (Å²) in [6, 6.07) is 5.01. The van der Waals surface area contributed by atoms with Gasteiger partial charge in [-0.3, -0.25) is 9.78 Å². The molecule has 7 heteroatoms. The highest BCUT2D eigenvalue weighted by Crippen LogP contribution is 2.24. The first kappa shape index (κ1) is 13.9. The molecule has 0 saturated carbocycles. The van der Waals surface area contributed by atoms with Crippen molar-refractivity contribution >= 4 is 27.5 Å². The first-order chi connectivity index (χ1) is 8.95. The number of halogens is 2. The van der Waals surface area contributed by atoms with Gasteiger partial charge in [-0.1, -0.05) is 11.6 Å². The summed E-state index contributed by atoms with van der Waals surface area (Å²) in [6.45, 7) is 1.55. The summed E-state index contributed by atoms with van der Waals surface area (Å²) in [5.41, 5.74) is -0.404. The van der Waals surface area contributed by atoms with Gasteiger partial charge in [-0.05, 0) is 35.0 Å². The largest absolute Gasteiger partial charge is 0.497 e. The maximum atomic E-state index is 12.2. The number of aromatic amines is 1. The van der Waals surface area contributed by atoms with E-state index in [-0.39, 0.29) is 10.7 Å². The second kappa shape index (κ2) is 5.22. The van der Waals surface area contributed by atoms with Crippen LogP contribution in [-0.2, 0) is 0 Å². The molecule has 0 unspecified atom stereocenters. The van der Waals surface area contributed by atoms with Crippen LogP contribution >= 0.6 is 27.5 Å². The molecule has 0 saturated heterocycles. The molecule has 2 rings (SSSR count). The highest BCUT2D eigenvalue weighted by molar-refractivity contribution is 9.10. The topological polar surface area (TPSA) is 64.1 Å². The third-order valence-electron chi connectivity index (χ3n) is 2.67. The molecule has 1 heterocycles. The van der Waals surface area contributed by atoms with E-state index in [1.54, 1.807) is 25.1 Å². The first-order valence-corrected chi connectivity index (χ1v) is 6.48. The predicted molar refractivity (Wildman–Crippen MR) is 76.7 cm³/mol. The van der Waals surface area contributed by atoms with Crippen molar-refractivity contribution in [3.05, 3.63) is 54.2 Å². The molecule has 0 aliphatic carbocycles. The lowest BCUT2D eigenvalue weighted by Gasteiger charge is -2.10. The van der Waals surface area contributed by atoms with Crippen molar-refractivity contribution in [2.24, 2.45) is 0 Å². The molecule has 0 aliphatic rings. The van der Waals surface area contributed by atoms with Crippen LogP contribution in [0.1, 0.15) is 5.56 Å². The van der Waals surface area contributed by atoms with Crippen LogP contribution in [0.2, 0.25) is 5.15 Å². The van der Waals surface area contributed by atoms with Crippen molar-refractivity contribution in [3.63, 3.8) is 0 Å². The molecular weight excluding hydrogens is 336 g/mol. The number of aromatic nitrogens is 2. The van der Waals surface area contributed by atoms with E-state index in [4.69, 9.17) is 16.3 Å². The van der Waals surface area contributed by atoms with Crippen molar-refractivity contribution in [1.29, 1.82) is 0 Å². The molecule has 2 aromatic rings. The summed E-state index contributed by atoms with van der Waals surface area (Å²) in [4.78, 5) is 26.5. The van der Waals surface area contributed by atoms with E-state index in [2.05, 4.69) is 20.9 Å². The minimum Gasteiger partial charge on any atom is -0.497 e. The Morgan fingerprint density at radius 1 is 1.37 bits per heavy atom. The van der Waals surface area contributed by atoms with E-state index in [1.807, 2.05) is 0 Å². The third-order valence-corrected chi connectivity index (χ3v) is 3.72. The van der Waals surface area contributed by atoms with Crippen LogP contribution in [0.25, 0.3) is 5.69 Å². The summed E-state index contributed by atoms with van der Waals surface area (Å²) in [6.07, 6.45) is 0. The third kappa shape index (κ3) is 2.46. The number of hydrogen-bond donors (Lipinski definition) is 1. The molecule has 1 aromatic carbocycles. The lowest BCUT2D eigenvalue weighted by Crippen LogP contribution is -2.35. The summed E-state index contributed by atoms with van der Waals surface area (Å²) in [5, 5.41) is 0.0465. The highest BCUT2D eigenvalue weighted by atomic mass is 79.9. The van der Waals surface area contributed by atoms with Crippen LogP contribution in [-0.4, -0.2) is 16.7 Å². The average Bonchev–Trinajstić information content (AvgIpc) is 2.38. The average molecular weight is 346 g/mol. The Hall–Kier alpha value is -1.53. The molecule has 0 atom stereocenters. The van der Waals surface area contributed by atoms with Crippen molar-refractivity contribution in [2.45, 2.75) is 6.92 Å². The second-order valence-corrected chi connectivity index (χ2v) is 5.06. The van der Waals surface area contributed by atoms with Gasteiger partial charge in [0.1, 0.15) is 10.9 Å². The number of hydrogen-bond acceptors (Lipinski definition) is 3. The molecule has 100 valence electrons. The summed E-state index contributed by atoms with van der Waals surface area (Å²) in [7, 11) is 1.51. The number of rotatable bonds is 2. The molecular formula is C12H10BrClN2O3. The first-order valence-electron chi connectivity index (χ1n) is 5.31. The number of H-pyrrole nitrogens is 1. The Balaban J connectivity index is 2.83. The van der Waals surface area contributed by atoms with Crippen LogP contribution in [0.4, 0.5) is 0 Å². The Morgan fingerprint density at radius 2 is 2.05 bits per heavy atom. The van der Waals surface area contributed by atoms with Gasteiger partial charge < -0.3 is 4.74 Å². The SMILES string of the molecule is COc1ccc(Br)c(-n2c(=O)[nH]c(Cl)c(C)c2=O)c1. The molecule has 0 radical (unpaired) electrons. The molecule has 0 aliphatic heterocycles. The number of ether oxygens (including phenoxy) is 1. The van der Waals surface area contributed by atoms with Gasteiger partial charge >= 0.3 is 5.69 Å². The zero-order valence-electron chi connectivity index (χ0n) is 10.2. The minimum atomic E-state index is -0.602. The Bertz CT molecular complexity index is 752. The number of benzene rings is 1. The van der Waals surface area contributed by atoms with Gasteiger partial charge in [-0.25, -0.2) is 9.36 Å². The van der Waals surface area contributed by atoms with Gasteiger partial charge in [-0.15, -0.1) is 0 Å². The zero-order chi connectivity index (χ0) is 14.2. The van der Waals surface area contributed by atoms with Crippen LogP contribution in [0.3, 0.4) is 0 Å². The van der Waals surface area contributed by atoms with Crippen molar-refractivity contribution in [3.8, 4) is 11.4 Å². The van der Waals surface area contributed by atoms with Gasteiger partial charge in [0.2, 0.25) is 0 Å². The predicted octanol–water partition coefficient (Wildman–Crippen LogP) is 2.26. The number of nitrogens with zero attached hydrogens (tertiary/aromatic N) is 1. The Labute approximate surface area is 121 Å². The molecule has 0 spiro atoms. The maximum absolute atomic E-state index is 12.2. The standard InChI is InChI=1S/C12H10BrClN2O3/c1-6-10(14)15-12(18)16(11(6)17)9-5-7(19-2)3-4-8(9)13/h3-5H,1-2H3,(H,15,18). The summed E-state index contributed by atoms with van der Waals surface area (Å²) in [5.74, 6) is 0.539. The van der Waals surface area contributed by atoms with E-state index in [9.17, 15) is 9.59 Å².